The van der Waals surface area contributed by atoms with E-state index in [4.69, 9.17) is 5.73 Å². The van der Waals surface area contributed by atoms with Crippen molar-refractivity contribution in [3.8, 4) is 0 Å². The molecule has 0 radical (unpaired) electrons. The van der Waals surface area contributed by atoms with E-state index in [1.54, 1.807) is 0 Å². The lowest BCUT2D eigenvalue weighted by Crippen LogP contribution is -2.45. The molecule has 3 N–H and O–H groups in total. The maximum absolute atomic E-state index is 12.1. The first-order chi connectivity index (χ1) is 7.54. The second-order valence-electron chi connectivity index (χ2n) is 5.12. The van der Waals surface area contributed by atoms with Crippen molar-refractivity contribution in [3.63, 3.8) is 0 Å². The molecule has 0 aliphatic carbocycles. The van der Waals surface area contributed by atoms with Crippen molar-refractivity contribution in [1.82, 2.24) is 4.90 Å². The maximum atomic E-state index is 12.1. The summed E-state index contributed by atoms with van der Waals surface area (Å²) < 4.78 is 0. The number of aliphatic hydroxyl groups excluding tert-OH is 1. The number of hydrogen-bond donors (Lipinski definition) is 2. The highest BCUT2D eigenvalue weighted by atomic mass is 16.3. The fourth-order valence-electron chi connectivity index (χ4n) is 2.21. The van der Waals surface area contributed by atoms with Gasteiger partial charge in [-0.25, -0.2) is 0 Å². The molecule has 94 valence electrons. The third kappa shape index (κ3) is 3.76. The van der Waals surface area contributed by atoms with Gasteiger partial charge in [-0.15, -0.1) is 0 Å². The van der Waals surface area contributed by atoms with E-state index in [0.29, 0.717) is 38.4 Å². The van der Waals surface area contributed by atoms with E-state index in [0.717, 1.165) is 6.42 Å². The Balaban J connectivity index is 2.48. The van der Waals surface area contributed by atoms with Gasteiger partial charge in [0.25, 0.3) is 0 Å². The van der Waals surface area contributed by atoms with Crippen LogP contribution in [0.2, 0.25) is 0 Å². The summed E-state index contributed by atoms with van der Waals surface area (Å²) in [7, 11) is 0. The van der Waals surface area contributed by atoms with Crippen molar-refractivity contribution in [2.45, 2.75) is 39.2 Å². The van der Waals surface area contributed by atoms with Gasteiger partial charge < -0.3 is 15.7 Å². The van der Waals surface area contributed by atoms with Gasteiger partial charge in [0.2, 0.25) is 5.91 Å². The molecule has 1 atom stereocenters. The summed E-state index contributed by atoms with van der Waals surface area (Å²) in [5.74, 6) is 0.617. The van der Waals surface area contributed by atoms with E-state index in [1.165, 1.54) is 0 Å². The number of likely N-dealkylation sites (tertiary alicyclic amines) is 1. The average molecular weight is 228 g/mol. The minimum Gasteiger partial charge on any atom is -0.393 e. The summed E-state index contributed by atoms with van der Waals surface area (Å²) in [6.07, 6.45) is 2.02. The van der Waals surface area contributed by atoms with Gasteiger partial charge in [-0.2, -0.15) is 0 Å². The molecule has 1 saturated heterocycles. The molecule has 4 heteroatoms. The first kappa shape index (κ1) is 13.5. The Bertz CT molecular complexity index is 223. The maximum Gasteiger partial charge on any atom is 0.226 e. The molecular weight excluding hydrogens is 204 g/mol. The smallest absolute Gasteiger partial charge is 0.226 e. The zero-order valence-electron chi connectivity index (χ0n) is 10.4. The van der Waals surface area contributed by atoms with Gasteiger partial charge in [-0.05, 0) is 25.2 Å². The summed E-state index contributed by atoms with van der Waals surface area (Å²) in [6.45, 7) is 5.99. The molecule has 0 aromatic heterocycles. The Kier molecular flexibility index (Phi) is 5.22. The number of amides is 1. The molecule has 0 aromatic carbocycles. The first-order valence-corrected chi connectivity index (χ1v) is 6.21. The molecule has 1 unspecified atom stereocenters. The fraction of sp³-hybridized carbons (Fsp3) is 0.917. The minimum atomic E-state index is -0.231. The van der Waals surface area contributed by atoms with Crippen LogP contribution in [0.15, 0.2) is 0 Å². The monoisotopic (exact) mass is 228 g/mol. The van der Waals surface area contributed by atoms with Gasteiger partial charge in [0.15, 0.2) is 0 Å². The van der Waals surface area contributed by atoms with Crippen LogP contribution in [0.25, 0.3) is 0 Å². The summed E-state index contributed by atoms with van der Waals surface area (Å²) in [5, 5.41) is 9.39. The van der Waals surface area contributed by atoms with Crippen molar-refractivity contribution in [1.29, 1.82) is 0 Å². The van der Waals surface area contributed by atoms with Gasteiger partial charge >= 0.3 is 0 Å². The Hall–Kier alpha value is -0.610. The molecular formula is C12H24N2O2. The number of nitrogens with zero attached hydrogens (tertiary/aromatic N) is 1. The SMILES string of the molecule is CC(C)CC(CN)C(=O)N1CCC(O)CC1. The highest BCUT2D eigenvalue weighted by Crippen LogP contribution is 2.17. The summed E-state index contributed by atoms with van der Waals surface area (Å²) in [6, 6.07) is 0. The van der Waals surface area contributed by atoms with Crippen LogP contribution in [0.5, 0.6) is 0 Å². The molecule has 0 aromatic rings. The summed E-state index contributed by atoms with van der Waals surface area (Å²) >= 11 is 0. The molecule has 1 aliphatic rings. The van der Waals surface area contributed by atoms with Crippen molar-refractivity contribution >= 4 is 5.91 Å². The zero-order chi connectivity index (χ0) is 12.1. The number of nitrogens with two attached hydrogens (primary N) is 1. The van der Waals surface area contributed by atoms with Crippen molar-refractivity contribution in [2.24, 2.45) is 17.6 Å². The van der Waals surface area contributed by atoms with Gasteiger partial charge in [-0.1, -0.05) is 13.8 Å². The lowest BCUT2D eigenvalue weighted by Gasteiger charge is -2.32. The predicted molar refractivity (Wildman–Crippen MR) is 63.8 cm³/mol. The van der Waals surface area contributed by atoms with Crippen LogP contribution in [0.1, 0.15) is 33.1 Å². The number of carbonyl (C=O) groups is 1. The summed E-state index contributed by atoms with van der Waals surface area (Å²) in [4.78, 5) is 14.0. The van der Waals surface area contributed by atoms with Crippen LogP contribution in [0.3, 0.4) is 0 Å². The third-order valence-corrected chi connectivity index (χ3v) is 3.17. The van der Waals surface area contributed by atoms with E-state index in [1.807, 2.05) is 4.90 Å². The van der Waals surface area contributed by atoms with E-state index >= 15 is 0 Å². The van der Waals surface area contributed by atoms with E-state index in [-0.39, 0.29) is 17.9 Å². The molecule has 0 spiro atoms. The highest BCUT2D eigenvalue weighted by molar-refractivity contribution is 5.79. The molecule has 0 bridgehead atoms. The Labute approximate surface area is 97.8 Å². The van der Waals surface area contributed by atoms with Gasteiger partial charge in [0.1, 0.15) is 0 Å². The van der Waals surface area contributed by atoms with Gasteiger partial charge in [0.05, 0.1) is 12.0 Å². The largest absolute Gasteiger partial charge is 0.393 e. The van der Waals surface area contributed by atoms with Crippen molar-refractivity contribution < 1.29 is 9.90 Å². The van der Waals surface area contributed by atoms with Gasteiger partial charge in [0, 0.05) is 19.6 Å². The predicted octanol–water partition coefficient (Wildman–Crippen LogP) is 0.591. The Morgan fingerprint density at radius 2 is 2.00 bits per heavy atom. The fourth-order valence-corrected chi connectivity index (χ4v) is 2.21. The second-order valence-corrected chi connectivity index (χ2v) is 5.12. The molecule has 1 amide bonds. The number of hydrogen-bond acceptors (Lipinski definition) is 3. The lowest BCUT2D eigenvalue weighted by molar-refractivity contribution is -0.137. The molecule has 1 heterocycles. The normalized spacial score (nSPS) is 20.2. The Morgan fingerprint density at radius 1 is 1.44 bits per heavy atom. The third-order valence-electron chi connectivity index (χ3n) is 3.17. The van der Waals surface area contributed by atoms with Crippen LogP contribution in [-0.4, -0.2) is 41.7 Å². The molecule has 1 aliphatic heterocycles. The van der Waals surface area contributed by atoms with Crippen molar-refractivity contribution in [3.05, 3.63) is 0 Å². The van der Waals surface area contributed by atoms with E-state index < -0.39 is 0 Å². The van der Waals surface area contributed by atoms with Crippen LogP contribution in [0.4, 0.5) is 0 Å². The first-order valence-electron chi connectivity index (χ1n) is 6.21. The average Bonchev–Trinajstić information content (AvgIpc) is 2.25. The molecule has 0 saturated carbocycles. The molecule has 1 rings (SSSR count). The summed E-state index contributed by atoms with van der Waals surface area (Å²) in [5.41, 5.74) is 5.66. The standard InChI is InChI=1S/C12H24N2O2/c1-9(2)7-10(8-13)12(16)14-5-3-11(15)4-6-14/h9-11,15H,3-8,13H2,1-2H3. The van der Waals surface area contributed by atoms with Crippen LogP contribution in [0, 0.1) is 11.8 Å². The lowest BCUT2D eigenvalue weighted by atomic mass is 9.95. The molecule has 16 heavy (non-hydrogen) atoms. The topological polar surface area (TPSA) is 66.6 Å². The van der Waals surface area contributed by atoms with Crippen molar-refractivity contribution in [2.75, 3.05) is 19.6 Å². The number of rotatable bonds is 4. The minimum absolute atomic E-state index is 0.0461. The second kappa shape index (κ2) is 6.21. The highest BCUT2D eigenvalue weighted by Gasteiger charge is 2.27. The van der Waals surface area contributed by atoms with E-state index in [2.05, 4.69) is 13.8 Å². The molecule has 4 nitrogen and oxygen atoms in total. The number of carbonyl (C=O) groups excluding carboxylic acids is 1. The van der Waals surface area contributed by atoms with Crippen LogP contribution in [-0.2, 0) is 4.79 Å². The zero-order valence-corrected chi connectivity index (χ0v) is 10.4. The number of aliphatic hydroxyl groups is 1. The van der Waals surface area contributed by atoms with Crippen LogP contribution >= 0.6 is 0 Å². The van der Waals surface area contributed by atoms with E-state index in [9.17, 15) is 9.90 Å². The van der Waals surface area contributed by atoms with Crippen LogP contribution < -0.4 is 5.73 Å². The number of piperidine rings is 1. The van der Waals surface area contributed by atoms with Gasteiger partial charge in [-0.3, -0.25) is 4.79 Å². The quantitative estimate of drug-likeness (QED) is 0.740. The Morgan fingerprint density at radius 3 is 2.44 bits per heavy atom. The molecule has 1 fully saturated rings.